The Morgan fingerprint density at radius 3 is 2.28 bits per heavy atom. The fourth-order valence-electron chi connectivity index (χ4n) is 2.03. The lowest BCUT2D eigenvalue weighted by atomic mass is 10.1. The first-order valence-electron chi connectivity index (χ1n) is 6.81. The lowest BCUT2D eigenvalue weighted by molar-refractivity contribution is -0.137. The fourth-order valence-corrected chi connectivity index (χ4v) is 3.13. The summed E-state index contributed by atoms with van der Waals surface area (Å²) in [5.74, 6) is -5.34. The van der Waals surface area contributed by atoms with Crippen molar-refractivity contribution in [3.63, 3.8) is 0 Å². The monoisotopic (exact) mass is 383 g/mol. The Labute approximate surface area is 139 Å². The third-order valence-corrected chi connectivity index (χ3v) is 4.73. The molecule has 0 atom stereocenters. The van der Waals surface area contributed by atoms with Gasteiger partial charge in [-0.15, -0.1) is 0 Å². The van der Waals surface area contributed by atoms with Crippen LogP contribution < -0.4 is 4.72 Å². The SMILES string of the molecule is O=S(=O)(NCCc1cccc(C(F)(F)F)c1)c1ccc(F)c(F)c1F. The Bertz CT molecular complexity index is 880. The highest BCUT2D eigenvalue weighted by Gasteiger charge is 2.30. The molecule has 0 saturated heterocycles. The molecule has 136 valence electrons. The second-order valence-electron chi connectivity index (χ2n) is 5.02. The Morgan fingerprint density at radius 2 is 1.64 bits per heavy atom. The van der Waals surface area contributed by atoms with E-state index in [0.29, 0.717) is 12.1 Å². The predicted molar refractivity (Wildman–Crippen MR) is 76.7 cm³/mol. The summed E-state index contributed by atoms with van der Waals surface area (Å²) in [6, 6.07) is 5.26. The molecule has 0 bridgehead atoms. The molecule has 0 aliphatic heterocycles. The van der Waals surface area contributed by atoms with Crippen LogP contribution in [0.3, 0.4) is 0 Å². The third-order valence-electron chi connectivity index (χ3n) is 3.25. The summed E-state index contributed by atoms with van der Waals surface area (Å²) in [5.41, 5.74) is -0.692. The van der Waals surface area contributed by atoms with E-state index < -0.39 is 44.1 Å². The summed E-state index contributed by atoms with van der Waals surface area (Å²) >= 11 is 0. The van der Waals surface area contributed by atoms with Crippen LogP contribution in [-0.2, 0) is 22.6 Å². The van der Waals surface area contributed by atoms with Crippen molar-refractivity contribution in [1.82, 2.24) is 4.72 Å². The van der Waals surface area contributed by atoms with E-state index in [0.717, 1.165) is 12.1 Å². The van der Waals surface area contributed by atoms with E-state index in [1.807, 2.05) is 4.72 Å². The standard InChI is InChI=1S/C15H11F6NO2S/c16-11-4-5-12(14(18)13(11)17)25(23,24)22-7-6-9-2-1-3-10(8-9)15(19,20)21/h1-5,8,22H,6-7H2. The van der Waals surface area contributed by atoms with Crippen molar-refractivity contribution in [2.24, 2.45) is 0 Å². The highest BCUT2D eigenvalue weighted by molar-refractivity contribution is 7.89. The molecule has 10 heteroatoms. The molecule has 0 aliphatic rings. The highest BCUT2D eigenvalue weighted by atomic mass is 32.2. The summed E-state index contributed by atoms with van der Waals surface area (Å²) in [6.45, 7) is -0.359. The summed E-state index contributed by atoms with van der Waals surface area (Å²) in [6.07, 6.45) is -4.65. The van der Waals surface area contributed by atoms with Crippen LogP contribution in [0.25, 0.3) is 0 Å². The minimum atomic E-state index is -4.54. The van der Waals surface area contributed by atoms with Gasteiger partial charge in [-0.3, -0.25) is 0 Å². The van der Waals surface area contributed by atoms with Crippen molar-refractivity contribution >= 4 is 10.0 Å². The third kappa shape index (κ3) is 4.51. The zero-order valence-corrected chi connectivity index (χ0v) is 13.2. The number of rotatable bonds is 5. The first kappa shape index (κ1) is 19.3. The average Bonchev–Trinajstić information content (AvgIpc) is 2.52. The molecule has 3 nitrogen and oxygen atoms in total. The molecule has 0 aromatic heterocycles. The number of nitrogens with one attached hydrogen (secondary N) is 1. The lowest BCUT2D eigenvalue weighted by Gasteiger charge is -2.10. The van der Waals surface area contributed by atoms with Gasteiger partial charge in [-0.1, -0.05) is 18.2 Å². The Morgan fingerprint density at radius 1 is 0.960 bits per heavy atom. The van der Waals surface area contributed by atoms with Gasteiger partial charge < -0.3 is 0 Å². The molecular formula is C15H11F6NO2S. The van der Waals surface area contributed by atoms with E-state index >= 15 is 0 Å². The summed E-state index contributed by atoms with van der Waals surface area (Å²) < 4.78 is 103. The average molecular weight is 383 g/mol. The zero-order valence-electron chi connectivity index (χ0n) is 12.4. The van der Waals surface area contributed by atoms with Crippen LogP contribution in [0, 0.1) is 17.5 Å². The maximum atomic E-state index is 13.5. The Kier molecular flexibility index (Phi) is 5.43. The second-order valence-corrected chi connectivity index (χ2v) is 6.75. The van der Waals surface area contributed by atoms with Crippen molar-refractivity contribution in [2.45, 2.75) is 17.5 Å². The van der Waals surface area contributed by atoms with Crippen LogP contribution in [0.15, 0.2) is 41.3 Å². The van der Waals surface area contributed by atoms with Gasteiger partial charge in [0, 0.05) is 6.54 Å². The smallest absolute Gasteiger partial charge is 0.211 e. The van der Waals surface area contributed by atoms with Crippen LogP contribution >= 0.6 is 0 Å². The molecule has 0 unspecified atom stereocenters. The van der Waals surface area contributed by atoms with Crippen LogP contribution in [0.1, 0.15) is 11.1 Å². The quantitative estimate of drug-likeness (QED) is 0.633. The van der Waals surface area contributed by atoms with E-state index in [2.05, 4.69) is 0 Å². The summed E-state index contributed by atoms with van der Waals surface area (Å²) in [5, 5.41) is 0. The molecule has 0 heterocycles. The number of hydrogen-bond acceptors (Lipinski definition) is 2. The van der Waals surface area contributed by atoms with Crippen molar-refractivity contribution in [3.05, 3.63) is 65.0 Å². The topological polar surface area (TPSA) is 46.2 Å². The lowest BCUT2D eigenvalue weighted by Crippen LogP contribution is -2.27. The molecule has 25 heavy (non-hydrogen) atoms. The van der Waals surface area contributed by atoms with E-state index in [9.17, 15) is 34.8 Å². The van der Waals surface area contributed by atoms with Gasteiger partial charge in [0.25, 0.3) is 0 Å². The molecule has 2 aromatic rings. The molecule has 0 spiro atoms. The van der Waals surface area contributed by atoms with Gasteiger partial charge in [-0.25, -0.2) is 26.3 Å². The van der Waals surface area contributed by atoms with Crippen molar-refractivity contribution < 1.29 is 34.8 Å². The van der Waals surface area contributed by atoms with Crippen LogP contribution in [0.5, 0.6) is 0 Å². The van der Waals surface area contributed by atoms with Crippen LogP contribution in [0.2, 0.25) is 0 Å². The summed E-state index contributed by atoms with van der Waals surface area (Å²) in [7, 11) is -4.49. The van der Waals surface area contributed by atoms with Gasteiger partial charge in [-0.2, -0.15) is 13.2 Å². The van der Waals surface area contributed by atoms with Crippen LogP contribution in [-0.4, -0.2) is 15.0 Å². The minimum Gasteiger partial charge on any atom is -0.211 e. The molecule has 0 fully saturated rings. The first-order chi connectivity index (χ1) is 11.5. The van der Waals surface area contributed by atoms with Crippen LogP contribution in [0.4, 0.5) is 26.3 Å². The maximum absolute atomic E-state index is 13.5. The van der Waals surface area contributed by atoms with Gasteiger partial charge in [0.15, 0.2) is 17.5 Å². The Balaban J connectivity index is 2.10. The molecule has 0 amide bonds. The molecule has 0 saturated carbocycles. The van der Waals surface area contributed by atoms with Gasteiger partial charge in [0.1, 0.15) is 4.90 Å². The van der Waals surface area contributed by atoms with E-state index in [1.54, 1.807) is 0 Å². The number of alkyl halides is 3. The number of sulfonamides is 1. The van der Waals surface area contributed by atoms with Gasteiger partial charge in [-0.05, 0) is 30.2 Å². The Hall–Kier alpha value is -2.07. The van der Waals surface area contributed by atoms with E-state index in [1.165, 1.54) is 12.1 Å². The van der Waals surface area contributed by atoms with Gasteiger partial charge >= 0.3 is 6.18 Å². The number of benzene rings is 2. The van der Waals surface area contributed by atoms with Crippen molar-refractivity contribution in [3.8, 4) is 0 Å². The van der Waals surface area contributed by atoms with E-state index in [-0.39, 0.29) is 18.5 Å². The van der Waals surface area contributed by atoms with Gasteiger partial charge in [0.05, 0.1) is 5.56 Å². The fraction of sp³-hybridized carbons (Fsp3) is 0.200. The molecular weight excluding hydrogens is 372 g/mol. The van der Waals surface area contributed by atoms with Gasteiger partial charge in [0.2, 0.25) is 10.0 Å². The summed E-state index contributed by atoms with van der Waals surface area (Å²) in [4.78, 5) is -1.09. The van der Waals surface area contributed by atoms with Crippen molar-refractivity contribution in [1.29, 1.82) is 0 Å². The molecule has 0 aliphatic carbocycles. The minimum absolute atomic E-state index is 0.117. The molecule has 2 aromatic carbocycles. The molecule has 1 N–H and O–H groups in total. The normalized spacial score (nSPS) is 12.4. The van der Waals surface area contributed by atoms with E-state index in [4.69, 9.17) is 0 Å². The highest BCUT2D eigenvalue weighted by Crippen LogP contribution is 2.29. The maximum Gasteiger partial charge on any atom is 0.416 e. The molecule has 0 radical (unpaired) electrons. The first-order valence-corrected chi connectivity index (χ1v) is 8.30. The molecule has 2 rings (SSSR count). The number of halogens is 6. The predicted octanol–water partition coefficient (Wildman–Crippen LogP) is 3.64. The van der Waals surface area contributed by atoms with Crippen molar-refractivity contribution in [2.75, 3.05) is 6.54 Å². The number of hydrogen-bond donors (Lipinski definition) is 1. The zero-order chi connectivity index (χ0) is 18.8. The largest absolute Gasteiger partial charge is 0.416 e. The second kappa shape index (κ2) is 7.04.